The summed E-state index contributed by atoms with van der Waals surface area (Å²) < 4.78 is 5.08. The molecule has 0 aliphatic heterocycles. The van der Waals surface area contributed by atoms with Crippen LogP contribution in [0.4, 0.5) is 0 Å². The number of aliphatic carboxylic acids is 1. The highest BCUT2D eigenvalue weighted by Gasteiger charge is 2.10. The predicted octanol–water partition coefficient (Wildman–Crippen LogP) is 2.54. The van der Waals surface area contributed by atoms with E-state index in [1.165, 1.54) is 0 Å². The topological polar surface area (TPSA) is 105 Å². The number of carboxylic acids is 1. The minimum absolute atomic E-state index is 0.104. The van der Waals surface area contributed by atoms with E-state index in [4.69, 9.17) is 9.84 Å². The third-order valence-corrected chi connectivity index (χ3v) is 4.02. The second kappa shape index (κ2) is 10.7. The number of amides is 2. The van der Waals surface area contributed by atoms with E-state index in [0.717, 1.165) is 5.56 Å². The molecule has 0 bridgehead atoms. The first-order chi connectivity index (χ1) is 13.5. The molecule has 2 aromatic rings. The van der Waals surface area contributed by atoms with Crippen molar-refractivity contribution in [3.05, 3.63) is 65.7 Å². The summed E-state index contributed by atoms with van der Waals surface area (Å²) in [5, 5.41) is 14.3. The highest BCUT2D eigenvalue weighted by Crippen LogP contribution is 2.17. The van der Waals surface area contributed by atoms with Gasteiger partial charge in [-0.1, -0.05) is 30.3 Å². The van der Waals surface area contributed by atoms with Gasteiger partial charge in [0.15, 0.2) is 6.61 Å². The molecular weight excluding hydrogens is 360 g/mol. The highest BCUT2D eigenvalue weighted by molar-refractivity contribution is 5.94. The Labute approximate surface area is 163 Å². The average molecular weight is 384 g/mol. The van der Waals surface area contributed by atoms with Crippen molar-refractivity contribution in [1.29, 1.82) is 0 Å². The monoisotopic (exact) mass is 384 g/mol. The highest BCUT2D eigenvalue weighted by atomic mass is 16.5. The second-order valence-corrected chi connectivity index (χ2v) is 6.27. The molecule has 1 unspecified atom stereocenters. The molecule has 0 spiro atoms. The summed E-state index contributed by atoms with van der Waals surface area (Å²) in [6, 6.07) is 15.6. The lowest BCUT2D eigenvalue weighted by molar-refractivity contribution is -0.139. The molecule has 7 nitrogen and oxygen atoms in total. The molecule has 0 fully saturated rings. The second-order valence-electron chi connectivity index (χ2n) is 6.27. The van der Waals surface area contributed by atoms with Gasteiger partial charge in [0.05, 0.1) is 6.04 Å². The minimum atomic E-state index is -1.04. The zero-order chi connectivity index (χ0) is 20.4. The summed E-state index contributed by atoms with van der Waals surface area (Å²) >= 11 is 0. The largest absolute Gasteiger partial charge is 0.482 e. The van der Waals surface area contributed by atoms with Gasteiger partial charge in [-0.15, -0.1) is 0 Å². The van der Waals surface area contributed by atoms with Crippen LogP contribution in [0.1, 0.15) is 41.7 Å². The molecule has 7 heteroatoms. The molecule has 0 aromatic heterocycles. The molecule has 148 valence electrons. The SMILES string of the molecule is CC(NC(=O)CCCNC(=O)c1ccccc1)c1ccc(OCC(=O)O)cc1. The summed E-state index contributed by atoms with van der Waals surface area (Å²) in [4.78, 5) is 34.5. The first-order valence-corrected chi connectivity index (χ1v) is 9.03. The zero-order valence-electron chi connectivity index (χ0n) is 15.7. The molecule has 28 heavy (non-hydrogen) atoms. The van der Waals surface area contributed by atoms with E-state index in [1.54, 1.807) is 48.5 Å². The molecule has 0 aliphatic carbocycles. The maximum atomic E-state index is 12.1. The fourth-order valence-corrected chi connectivity index (χ4v) is 2.54. The molecule has 2 rings (SSSR count). The van der Waals surface area contributed by atoms with E-state index < -0.39 is 12.6 Å². The third-order valence-electron chi connectivity index (χ3n) is 4.02. The van der Waals surface area contributed by atoms with Gasteiger partial charge >= 0.3 is 5.97 Å². The van der Waals surface area contributed by atoms with Crippen molar-refractivity contribution in [2.45, 2.75) is 25.8 Å². The van der Waals surface area contributed by atoms with Crippen molar-refractivity contribution in [2.24, 2.45) is 0 Å². The standard InChI is InChI=1S/C21H24N2O5/c1-15(16-9-11-18(12-10-16)28-14-20(25)26)23-19(24)8-5-13-22-21(27)17-6-3-2-4-7-17/h2-4,6-7,9-12,15H,5,8,13-14H2,1H3,(H,22,27)(H,23,24)(H,25,26). The molecular formula is C21H24N2O5. The van der Waals surface area contributed by atoms with Crippen LogP contribution in [-0.4, -0.2) is 36.0 Å². The Balaban J connectivity index is 1.69. The molecule has 1 atom stereocenters. The number of nitrogens with one attached hydrogen (secondary N) is 2. The molecule has 0 radical (unpaired) electrons. The van der Waals surface area contributed by atoms with Gasteiger partial charge in [0.1, 0.15) is 5.75 Å². The molecule has 0 aliphatic rings. The lowest BCUT2D eigenvalue weighted by Gasteiger charge is -2.15. The number of carbonyl (C=O) groups excluding carboxylic acids is 2. The van der Waals surface area contributed by atoms with Crippen LogP contribution >= 0.6 is 0 Å². The van der Waals surface area contributed by atoms with Gasteiger partial charge < -0.3 is 20.5 Å². The Morgan fingerprint density at radius 1 is 1.04 bits per heavy atom. The van der Waals surface area contributed by atoms with Crippen LogP contribution < -0.4 is 15.4 Å². The van der Waals surface area contributed by atoms with Crippen molar-refractivity contribution in [2.75, 3.05) is 13.2 Å². The Hall–Kier alpha value is -3.35. The molecule has 3 N–H and O–H groups in total. The van der Waals surface area contributed by atoms with Crippen LogP contribution in [0, 0.1) is 0 Å². The van der Waals surface area contributed by atoms with Crippen LogP contribution in [0.15, 0.2) is 54.6 Å². The third kappa shape index (κ3) is 7.11. The predicted molar refractivity (Wildman–Crippen MR) is 104 cm³/mol. The maximum Gasteiger partial charge on any atom is 0.341 e. The molecule has 2 aromatic carbocycles. The molecule has 0 saturated heterocycles. The quantitative estimate of drug-likeness (QED) is 0.546. The van der Waals surface area contributed by atoms with Gasteiger partial charge in [0.25, 0.3) is 5.91 Å². The normalized spacial score (nSPS) is 11.3. The van der Waals surface area contributed by atoms with Crippen molar-refractivity contribution >= 4 is 17.8 Å². The van der Waals surface area contributed by atoms with Gasteiger partial charge in [-0.2, -0.15) is 0 Å². The first kappa shape index (κ1) is 21.0. The van der Waals surface area contributed by atoms with Crippen molar-refractivity contribution in [3.63, 3.8) is 0 Å². The number of carbonyl (C=O) groups is 3. The summed E-state index contributed by atoms with van der Waals surface area (Å²) in [5.74, 6) is -0.837. The summed E-state index contributed by atoms with van der Waals surface area (Å²) in [6.45, 7) is 1.89. The van der Waals surface area contributed by atoms with Gasteiger partial charge in [-0.25, -0.2) is 4.79 Å². The van der Waals surface area contributed by atoms with Crippen LogP contribution in [0.5, 0.6) is 5.75 Å². The summed E-state index contributed by atoms with van der Waals surface area (Å²) in [6.07, 6.45) is 0.846. The Morgan fingerprint density at radius 3 is 2.36 bits per heavy atom. The Bertz CT molecular complexity index is 790. The van der Waals surface area contributed by atoms with Gasteiger partial charge in [-0.05, 0) is 43.2 Å². The van der Waals surface area contributed by atoms with Gasteiger partial charge in [0, 0.05) is 18.5 Å². The van der Waals surface area contributed by atoms with E-state index in [9.17, 15) is 14.4 Å². The Kier molecular flexibility index (Phi) is 8.02. The first-order valence-electron chi connectivity index (χ1n) is 9.03. The molecule has 0 saturated carbocycles. The summed E-state index contributed by atoms with van der Waals surface area (Å²) in [7, 11) is 0. The molecule has 2 amide bonds. The van der Waals surface area contributed by atoms with E-state index in [0.29, 0.717) is 30.7 Å². The number of carboxylic acid groups (broad SMARTS) is 1. The van der Waals surface area contributed by atoms with Gasteiger partial charge in [-0.3, -0.25) is 9.59 Å². The van der Waals surface area contributed by atoms with Crippen molar-refractivity contribution in [3.8, 4) is 5.75 Å². The zero-order valence-corrected chi connectivity index (χ0v) is 15.7. The lowest BCUT2D eigenvalue weighted by Crippen LogP contribution is -2.29. The lowest BCUT2D eigenvalue weighted by atomic mass is 10.1. The van der Waals surface area contributed by atoms with Crippen LogP contribution in [0.3, 0.4) is 0 Å². The van der Waals surface area contributed by atoms with E-state index in [2.05, 4.69) is 10.6 Å². The van der Waals surface area contributed by atoms with Crippen LogP contribution in [-0.2, 0) is 9.59 Å². The number of hydrogen-bond donors (Lipinski definition) is 3. The summed E-state index contributed by atoms with van der Waals surface area (Å²) in [5.41, 5.74) is 1.48. The fraction of sp³-hybridized carbons (Fsp3) is 0.286. The van der Waals surface area contributed by atoms with E-state index >= 15 is 0 Å². The number of rotatable bonds is 10. The average Bonchev–Trinajstić information content (AvgIpc) is 2.70. The van der Waals surface area contributed by atoms with Crippen molar-refractivity contribution in [1.82, 2.24) is 10.6 Å². The Morgan fingerprint density at radius 2 is 1.71 bits per heavy atom. The van der Waals surface area contributed by atoms with Crippen LogP contribution in [0.25, 0.3) is 0 Å². The van der Waals surface area contributed by atoms with Gasteiger partial charge in [0.2, 0.25) is 5.91 Å². The smallest absolute Gasteiger partial charge is 0.341 e. The molecule has 0 heterocycles. The number of hydrogen-bond acceptors (Lipinski definition) is 4. The number of ether oxygens (including phenoxy) is 1. The fourth-order valence-electron chi connectivity index (χ4n) is 2.54. The van der Waals surface area contributed by atoms with E-state index in [1.807, 2.05) is 13.0 Å². The maximum absolute atomic E-state index is 12.1. The van der Waals surface area contributed by atoms with Crippen molar-refractivity contribution < 1.29 is 24.2 Å². The van der Waals surface area contributed by atoms with Crippen LogP contribution in [0.2, 0.25) is 0 Å². The van der Waals surface area contributed by atoms with E-state index in [-0.39, 0.29) is 17.9 Å². The number of benzene rings is 2. The minimum Gasteiger partial charge on any atom is -0.482 e.